The van der Waals surface area contributed by atoms with Crippen LogP contribution in [0.15, 0.2) is 10.5 Å². The van der Waals surface area contributed by atoms with Gasteiger partial charge in [0.15, 0.2) is 0 Å². The first kappa shape index (κ1) is 19.9. The molecule has 1 rings (SSSR count). The summed E-state index contributed by atoms with van der Waals surface area (Å²) in [6.45, 7) is 11.3. The zero-order chi connectivity index (χ0) is 17.6. The lowest BCUT2D eigenvalue weighted by Gasteiger charge is -2.25. The van der Waals surface area contributed by atoms with Crippen LogP contribution >= 0.6 is 15.9 Å². The van der Waals surface area contributed by atoms with Crippen molar-refractivity contribution in [2.24, 2.45) is 0 Å². The third-order valence-electron chi connectivity index (χ3n) is 3.53. The third-order valence-corrected chi connectivity index (χ3v) is 4.10. The summed E-state index contributed by atoms with van der Waals surface area (Å²) in [4.78, 5) is 6.43. The molecule has 1 heterocycles. The van der Waals surface area contributed by atoms with E-state index < -0.39 is 0 Å². The van der Waals surface area contributed by atoms with Crippen LogP contribution in [0.2, 0.25) is 0 Å². The van der Waals surface area contributed by atoms with Crippen LogP contribution in [0.1, 0.15) is 45.4 Å². The minimum Gasteiger partial charge on any atom is -0.471 e. The fourth-order valence-electron chi connectivity index (χ4n) is 1.95. The Labute approximate surface area is 148 Å². The van der Waals surface area contributed by atoms with E-state index in [0.717, 1.165) is 28.8 Å². The van der Waals surface area contributed by atoms with Gasteiger partial charge in [-0.3, -0.25) is 5.41 Å². The van der Waals surface area contributed by atoms with Crippen molar-refractivity contribution in [3.63, 3.8) is 0 Å². The molecule has 0 spiro atoms. The van der Waals surface area contributed by atoms with E-state index in [9.17, 15) is 0 Å². The molecular weight excluding hydrogens is 358 g/mol. The smallest absolute Gasteiger partial charge is 0.228 e. The van der Waals surface area contributed by atoms with Crippen LogP contribution in [0.25, 0.3) is 0 Å². The Morgan fingerprint density at radius 2 is 2.04 bits per heavy atom. The van der Waals surface area contributed by atoms with Crippen LogP contribution < -0.4 is 4.74 Å². The number of nitrogens with one attached hydrogen (secondary N) is 1. The number of pyridine rings is 1. The Balaban J connectivity index is 2.87. The molecule has 0 fully saturated rings. The maximum absolute atomic E-state index is 8.33. The maximum Gasteiger partial charge on any atom is 0.228 e. The van der Waals surface area contributed by atoms with Crippen LogP contribution in [0, 0.1) is 12.3 Å². The second-order valence-corrected chi connectivity index (χ2v) is 6.82. The van der Waals surface area contributed by atoms with Gasteiger partial charge in [0.2, 0.25) is 5.88 Å². The van der Waals surface area contributed by atoms with Gasteiger partial charge in [-0.25, -0.2) is 4.98 Å². The zero-order valence-corrected chi connectivity index (χ0v) is 16.5. The lowest BCUT2D eigenvalue weighted by molar-refractivity contribution is 0.0563. The summed E-state index contributed by atoms with van der Waals surface area (Å²) in [7, 11) is 1.91. The molecule has 0 bridgehead atoms. The summed E-state index contributed by atoms with van der Waals surface area (Å²) >= 11 is 3.50. The van der Waals surface area contributed by atoms with Gasteiger partial charge in [0.25, 0.3) is 0 Å². The van der Waals surface area contributed by atoms with Gasteiger partial charge in [0.05, 0.1) is 16.8 Å². The standard InChI is InChI=1S/C17H28BrN3O2/c1-7-8-22-10-12(4)23-17-15(18)9-14(13(5)20-17)16(19)21(6)11(2)3/h9,11-12,19H,7-8,10H2,1-6H3. The van der Waals surface area contributed by atoms with Crippen LogP contribution in [-0.4, -0.2) is 48.1 Å². The van der Waals surface area contributed by atoms with E-state index in [1.807, 2.05) is 31.9 Å². The average Bonchev–Trinajstić information content (AvgIpc) is 2.49. The summed E-state index contributed by atoms with van der Waals surface area (Å²) in [5, 5.41) is 8.33. The van der Waals surface area contributed by atoms with Crippen molar-refractivity contribution in [1.29, 1.82) is 5.41 Å². The molecule has 0 amide bonds. The third kappa shape index (κ3) is 5.77. The lowest BCUT2D eigenvalue weighted by Crippen LogP contribution is -2.33. The normalized spacial score (nSPS) is 12.3. The Morgan fingerprint density at radius 1 is 1.39 bits per heavy atom. The van der Waals surface area contributed by atoms with Crippen molar-refractivity contribution in [2.75, 3.05) is 20.3 Å². The Morgan fingerprint density at radius 3 is 2.61 bits per heavy atom. The van der Waals surface area contributed by atoms with Gasteiger partial charge in [-0.1, -0.05) is 6.92 Å². The van der Waals surface area contributed by atoms with Crippen molar-refractivity contribution >= 4 is 21.8 Å². The van der Waals surface area contributed by atoms with E-state index in [0.29, 0.717) is 18.3 Å². The summed E-state index contributed by atoms with van der Waals surface area (Å²) < 4.78 is 12.1. The molecule has 0 saturated heterocycles. The minimum absolute atomic E-state index is 0.0756. The van der Waals surface area contributed by atoms with Gasteiger partial charge in [0.1, 0.15) is 11.9 Å². The quantitative estimate of drug-likeness (QED) is 0.417. The van der Waals surface area contributed by atoms with Crippen LogP contribution in [0.3, 0.4) is 0 Å². The van der Waals surface area contributed by atoms with Gasteiger partial charge >= 0.3 is 0 Å². The van der Waals surface area contributed by atoms with Crippen molar-refractivity contribution in [3.8, 4) is 5.88 Å². The van der Waals surface area contributed by atoms with E-state index in [1.165, 1.54) is 0 Å². The molecule has 0 aromatic carbocycles. The molecule has 0 radical (unpaired) electrons. The average molecular weight is 386 g/mol. The predicted molar refractivity (Wildman–Crippen MR) is 97.6 cm³/mol. The fraction of sp³-hybridized carbons (Fsp3) is 0.647. The largest absolute Gasteiger partial charge is 0.471 e. The molecule has 6 heteroatoms. The van der Waals surface area contributed by atoms with Crippen molar-refractivity contribution in [1.82, 2.24) is 9.88 Å². The highest BCUT2D eigenvalue weighted by atomic mass is 79.9. The highest BCUT2D eigenvalue weighted by Crippen LogP contribution is 2.27. The molecule has 0 saturated carbocycles. The van der Waals surface area contributed by atoms with E-state index in [1.54, 1.807) is 0 Å². The SMILES string of the molecule is CCCOCC(C)Oc1nc(C)c(C(=N)N(C)C(C)C)cc1Br. The fourth-order valence-corrected chi connectivity index (χ4v) is 2.36. The maximum atomic E-state index is 8.33. The molecule has 23 heavy (non-hydrogen) atoms. The van der Waals surface area contributed by atoms with E-state index >= 15 is 0 Å². The number of hydrogen-bond donors (Lipinski definition) is 1. The summed E-state index contributed by atoms with van der Waals surface area (Å²) in [5.41, 5.74) is 1.58. The first-order valence-electron chi connectivity index (χ1n) is 8.01. The van der Waals surface area contributed by atoms with E-state index in [2.05, 4.69) is 41.7 Å². The highest BCUT2D eigenvalue weighted by Gasteiger charge is 2.17. The first-order chi connectivity index (χ1) is 10.8. The molecule has 0 aliphatic carbocycles. The molecule has 1 N–H and O–H groups in total. The van der Waals surface area contributed by atoms with Crippen molar-refractivity contribution in [2.45, 2.75) is 53.2 Å². The zero-order valence-electron chi connectivity index (χ0n) is 14.9. The number of ether oxygens (including phenoxy) is 2. The van der Waals surface area contributed by atoms with Gasteiger partial charge in [-0.2, -0.15) is 0 Å². The van der Waals surface area contributed by atoms with Crippen LogP contribution in [0.5, 0.6) is 5.88 Å². The molecule has 130 valence electrons. The summed E-state index contributed by atoms with van der Waals surface area (Å²) in [5.74, 6) is 0.996. The molecule has 1 atom stereocenters. The minimum atomic E-state index is -0.0756. The molecule has 0 aliphatic rings. The number of aryl methyl sites for hydroxylation is 1. The number of amidine groups is 1. The Bertz CT molecular complexity index is 535. The molecular formula is C17H28BrN3O2. The number of halogens is 1. The van der Waals surface area contributed by atoms with Gasteiger partial charge in [-0.05, 0) is 56.1 Å². The molecule has 1 aromatic heterocycles. The monoisotopic (exact) mass is 385 g/mol. The van der Waals surface area contributed by atoms with Crippen molar-refractivity contribution in [3.05, 3.63) is 21.8 Å². The first-order valence-corrected chi connectivity index (χ1v) is 8.80. The highest BCUT2D eigenvalue weighted by molar-refractivity contribution is 9.10. The molecule has 1 unspecified atom stereocenters. The summed E-state index contributed by atoms with van der Waals surface area (Å²) in [6.07, 6.45) is 0.918. The van der Waals surface area contributed by atoms with Crippen LogP contribution in [-0.2, 0) is 4.74 Å². The van der Waals surface area contributed by atoms with Crippen molar-refractivity contribution < 1.29 is 9.47 Å². The van der Waals surface area contributed by atoms with Gasteiger partial charge < -0.3 is 14.4 Å². The Hall–Kier alpha value is -1.14. The second kappa shape index (κ2) is 9.23. The Kier molecular flexibility index (Phi) is 7.99. The second-order valence-electron chi connectivity index (χ2n) is 5.96. The lowest BCUT2D eigenvalue weighted by atomic mass is 10.1. The van der Waals surface area contributed by atoms with Crippen LogP contribution in [0.4, 0.5) is 0 Å². The molecule has 0 aliphatic heterocycles. The number of aromatic nitrogens is 1. The van der Waals surface area contributed by atoms with Gasteiger partial charge in [0, 0.05) is 25.3 Å². The molecule has 5 nitrogen and oxygen atoms in total. The van der Waals surface area contributed by atoms with E-state index in [-0.39, 0.29) is 12.1 Å². The number of rotatable bonds is 8. The predicted octanol–water partition coefficient (Wildman–Crippen LogP) is 4.01. The number of hydrogen-bond acceptors (Lipinski definition) is 4. The van der Waals surface area contributed by atoms with E-state index in [4.69, 9.17) is 14.9 Å². The topological polar surface area (TPSA) is 58.4 Å². The molecule has 1 aromatic rings. The summed E-state index contributed by atoms with van der Waals surface area (Å²) in [6, 6.07) is 2.16. The number of nitrogens with zero attached hydrogens (tertiary/aromatic N) is 2. The van der Waals surface area contributed by atoms with Gasteiger partial charge in [-0.15, -0.1) is 0 Å².